The van der Waals surface area contributed by atoms with Crippen LogP contribution in [0.1, 0.15) is 32.1 Å². The van der Waals surface area contributed by atoms with Crippen molar-refractivity contribution in [1.29, 1.82) is 0 Å². The number of hydrogen-bond donors (Lipinski definition) is 1. The van der Waals surface area contributed by atoms with Crippen molar-refractivity contribution in [1.82, 2.24) is 0 Å². The molecule has 5 nitrogen and oxygen atoms in total. The van der Waals surface area contributed by atoms with E-state index in [-0.39, 0.29) is 5.54 Å². The lowest BCUT2D eigenvalue weighted by Crippen LogP contribution is -2.70. The predicted octanol–water partition coefficient (Wildman–Crippen LogP) is -2.77. The minimum Gasteiger partial charge on any atom is -0.346 e. The average molecular weight is 276 g/mol. The van der Waals surface area contributed by atoms with E-state index in [2.05, 4.69) is 36.1 Å². The molecule has 1 atom stereocenters. The molecule has 2 aliphatic carbocycles. The summed E-state index contributed by atoms with van der Waals surface area (Å²) in [5, 5.41) is 0. The van der Waals surface area contributed by atoms with Crippen LogP contribution in [0.4, 0.5) is 0 Å². The van der Waals surface area contributed by atoms with Crippen molar-refractivity contribution in [3.8, 4) is 0 Å². The van der Waals surface area contributed by atoms with Gasteiger partial charge in [-0.05, 0) is 37.8 Å². The second-order valence-electron chi connectivity index (χ2n) is 4.61. The second kappa shape index (κ2) is 6.47. The summed E-state index contributed by atoms with van der Waals surface area (Å²) in [5.41, 5.74) is 5.96. The van der Waals surface area contributed by atoms with Crippen molar-refractivity contribution < 1.29 is 34.6 Å². The first-order valence-electron chi connectivity index (χ1n) is 5.81. The Hall–Kier alpha value is -0.690. The number of rotatable bonds is 1. The molecular weight excluding hydrogens is 258 g/mol. The summed E-state index contributed by atoms with van der Waals surface area (Å²) in [6.45, 7) is 0. The van der Waals surface area contributed by atoms with Gasteiger partial charge >= 0.3 is 0 Å². The SMILES string of the molecule is [NH3+]C1(C=C2CCCC2)C=CC=CC1.[O-][Cl+3]([O-])([O-])[O-]. The Bertz CT molecular complexity index is 346. The van der Waals surface area contributed by atoms with Crippen LogP contribution in [-0.2, 0) is 0 Å². The van der Waals surface area contributed by atoms with Gasteiger partial charge in [0.15, 0.2) is 0 Å². The van der Waals surface area contributed by atoms with Crippen LogP contribution in [0.3, 0.4) is 0 Å². The molecule has 6 heteroatoms. The highest BCUT2D eigenvalue weighted by atomic mass is 35.7. The normalized spacial score (nSPS) is 26.8. The Labute approximate surface area is 109 Å². The zero-order valence-electron chi connectivity index (χ0n) is 10.1. The molecule has 2 aliphatic rings. The first-order valence-corrected chi connectivity index (χ1v) is 7.04. The minimum atomic E-state index is -4.94. The molecule has 0 aromatic carbocycles. The van der Waals surface area contributed by atoms with Crippen LogP contribution in [0.25, 0.3) is 0 Å². The Morgan fingerprint density at radius 1 is 1.11 bits per heavy atom. The summed E-state index contributed by atoms with van der Waals surface area (Å²) in [6, 6.07) is 0. The van der Waals surface area contributed by atoms with Crippen LogP contribution in [-0.4, -0.2) is 5.54 Å². The van der Waals surface area contributed by atoms with Crippen molar-refractivity contribution in [2.75, 3.05) is 0 Å². The molecule has 0 heterocycles. The van der Waals surface area contributed by atoms with Crippen molar-refractivity contribution >= 4 is 0 Å². The zero-order chi connectivity index (χ0) is 13.6. The van der Waals surface area contributed by atoms with Crippen LogP contribution in [0.2, 0.25) is 0 Å². The molecule has 3 N–H and O–H groups in total. The maximum Gasteiger partial charge on any atom is 0.136 e. The van der Waals surface area contributed by atoms with Crippen LogP contribution in [0.15, 0.2) is 36.0 Å². The molecular formula is C12H18ClNO4. The zero-order valence-corrected chi connectivity index (χ0v) is 10.9. The molecule has 18 heavy (non-hydrogen) atoms. The summed E-state index contributed by atoms with van der Waals surface area (Å²) in [5.74, 6) is 0. The molecule has 0 saturated heterocycles. The van der Waals surface area contributed by atoms with Crippen LogP contribution in [0, 0.1) is 10.2 Å². The van der Waals surface area contributed by atoms with E-state index in [0.29, 0.717) is 0 Å². The van der Waals surface area contributed by atoms with Gasteiger partial charge in [0.25, 0.3) is 0 Å². The number of quaternary nitrogens is 1. The van der Waals surface area contributed by atoms with Gasteiger partial charge in [-0.15, -0.1) is 10.2 Å². The van der Waals surface area contributed by atoms with E-state index in [1.165, 1.54) is 25.7 Å². The molecule has 2 rings (SSSR count). The summed E-state index contributed by atoms with van der Waals surface area (Å²) >= 11 is 0. The molecule has 0 aliphatic heterocycles. The largest absolute Gasteiger partial charge is 0.346 e. The van der Waals surface area contributed by atoms with Crippen molar-refractivity contribution in [2.45, 2.75) is 37.6 Å². The lowest BCUT2D eigenvalue weighted by atomic mass is 9.90. The Kier molecular flexibility index (Phi) is 5.52. The van der Waals surface area contributed by atoms with Gasteiger partial charge in [-0.25, -0.2) is 18.6 Å². The van der Waals surface area contributed by atoms with E-state index in [1.54, 1.807) is 5.57 Å². The van der Waals surface area contributed by atoms with E-state index in [9.17, 15) is 0 Å². The van der Waals surface area contributed by atoms with Crippen molar-refractivity contribution in [2.24, 2.45) is 0 Å². The van der Waals surface area contributed by atoms with Gasteiger partial charge in [-0.2, -0.15) is 0 Å². The monoisotopic (exact) mass is 275 g/mol. The quantitative estimate of drug-likeness (QED) is 0.521. The van der Waals surface area contributed by atoms with Gasteiger partial charge in [-0.1, -0.05) is 23.8 Å². The highest BCUT2D eigenvalue weighted by Gasteiger charge is 2.24. The first kappa shape index (κ1) is 15.4. The van der Waals surface area contributed by atoms with Crippen LogP contribution >= 0.6 is 0 Å². The summed E-state index contributed by atoms with van der Waals surface area (Å²) < 4.78 is 34.0. The summed E-state index contributed by atoms with van der Waals surface area (Å²) in [7, 11) is -4.94. The van der Waals surface area contributed by atoms with Crippen LogP contribution in [0.5, 0.6) is 0 Å². The van der Waals surface area contributed by atoms with Gasteiger partial charge in [-0.3, -0.25) is 0 Å². The van der Waals surface area contributed by atoms with E-state index in [4.69, 9.17) is 18.6 Å². The second-order valence-corrected chi connectivity index (χ2v) is 5.37. The molecule has 1 saturated carbocycles. The molecule has 0 aromatic heterocycles. The number of halogens is 1. The third-order valence-electron chi connectivity index (χ3n) is 2.91. The fourth-order valence-corrected chi connectivity index (χ4v) is 2.17. The maximum absolute atomic E-state index is 8.49. The molecule has 0 bridgehead atoms. The van der Waals surface area contributed by atoms with Gasteiger partial charge < -0.3 is 5.73 Å². The molecule has 1 fully saturated rings. The molecule has 102 valence electrons. The Morgan fingerprint density at radius 2 is 1.67 bits per heavy atom. The van der Waals surface area contributed by atoms with Gasteiger partial charge in [0.05, 0.1) is 0 Å². The van der Waals surface area contributed by atoms with Gasteiger partial charge in [0.2, 0.25) is 0 Å². The lowest BCUT2D eigenvalue weighted by molar-refractivity contribution is -2.00. The lowest BCUT2D eigenvalue weighted by Gasteiger charge is -2.19. The summed E-state index contributed by atoms with van der Waals surface area (Å²) in [6.07, 6.45) is 17.5. The molecule has 1 unspecified atom stereocenters. The molecule has 0 spiro atoms. The third kappa shape index (κ3) is 6.90. The Morgan fingerprint density at radius 3 is 2.11 bits per heavy atom. The first-order chi connectivity index (χ1) is 8.29. The van der Waals surface area contributed by atoms with E-state index < -0.39 is 10.2 Å². The fraction of sp³-hybridized carbons (Fsp3) is 0.500. The van der Waals surface area contributed by atoms with Crippen molar-refractivity contribution in [3.63, 3.8) is 0 Å². The van der Waals surface area contributed by atoms with Crippen molar-refractivity contribution in [3.05, 3.63) is 36.0 Å². The highest BCUT2D eigenvalue weighted by molar-refractivity contribution is 5.26. The molecule has 0 radical (unpaired) electrons. The standard InChI is InChI=1S/C12H17N.ClHO4/c13-12(8-4-1-5-9-12)10-11-6-2-3-7-11;2-1(3,4)5/h1,4-5,8,10H,2-3,6-7,9,13H2;(H,2,3,4,5). The molecule has 0 aromatic rings. The molecule has 0 amide bonds. The predicted molar refractivity (Wildman–Crippen MR) is 55.1 cm³/mol. The van der Waals surface area contributed by atoms with E-state index >= 15 is 0 Å². The number of allylic oxidation sites excluding steroid dienone is 3. The maximum atomic E-state index is 8.49. The van der Waals surface area contributed by atoms with E-state index in [1.807, 2.05) is 0 Å². The minimum absolute atomic E-state index is 0.0639. The number of hydrogen-bond acceptors (Lipinski definition) is 4. The smallest absolute Gasteiger partial charge is 0.136 e. The van der Waals surface area contributed by atoms with Gasteiger partial charge in [0, 0.05) is 6.42 Å². The fourth-order valence-electron chi connectivity index (χ4n) is 2.17. The van der Waals surface area contributed by atoms with Crippen LogP contribution < -0.4 is 24.4 Å². The van der Waals surface area contributed by atoms with E-state index in [0.717, 1.165) is 6.42 Å². The third-order valence-corrected chi connectivity index (χ3v) is 2.91. The van der Waals surface area contributed by atoms with Gasteiger partial charge in [0.1, 0.15) is 5.54 Å². The topological polar surface area (TPSA) is 120 Å². The Balaban J connectivity index is 0.000000280. The summed E-state index contributed by atoms with van der Waals surface area (Å²) in [4.78, 5) is 0. The highest BCUT2D eigenvalue weighted by Crippen LogP contribution is 2.27. The average Bonchev–Trinajstić information content (AvgIpc) is 2.68.